The highest BCUT2D eigenvalue weighted by molar-refractivity contribution is 9.10. The molecule has 0 saturated carbocycles. The molecule has 0 atom stereocenters. The summed E-state index contributed by atoms with van der Waals surface area (Å²) in [5.74, 6) is 0.493. The van der Waals surface area contributed by atoms with Crippen LogP contribution in [0, 0.1) is 11.3 Å². The second-order valence-corrected chi connectivity index (χ2v) is 4.81. The second-order valence-electron chi connectivity index (χ2n) is 4.06. The van der Waals surface area contributed by atoms with E-state index >= 15 is 0 Å². The van der Waals surface area contributed by atoms with Crippen LogP contribution in [0.1, 0.15) is 22.5 Å². The normalized spacial score (nSPS) is 10.0. The highest BCUT2D eigenvalue weighted by atomic mass is 79.9. The third-order valence-electron chi connectivity index (χ3n) is 2.70. The fourth-order valence-electron chi connectivity index (χ4n) is 1.74. The van der Waals surface area contributed by atoms with Gasteiger partial charge in [-0.25, -0.2) is 4.98 Å². The molecule has 0 spiro atoms. The summed E-state index contributed by atoms with van der Waals surface area (Å²) in [6.07, 6.45) is 3.43. The van der Waals surface area contributed by atoms with Gasteiger partial charge in [-0.3, -0.25) is 4.79 Å². The van der Waals surface area contributed by atoms with E-state index in [-0.39, 0.29) is 12.3 Å². The highest BCUT2D eigenvalue weighted by Crippen LogP contribution is 2.17. The van der Waals surface area contributed by atoms with E-state index in [9.17, 15) is 4.79 Å². The van der Waals surface area contributed by atoms with Gasteiger partial charge >= 0.3 is 0 Å². The van der Waals surface area contributed by atoms with Crippen LogP contribution in [-0.4, -0.2) is 22.3 Å². The molecule has 0 aliphatic heterocycles. The van der Waals surface area contributed by atoms with Gasteiger partial charge in [-0.05, 0) is 40.2 Å². The van der Waals surface area contributed by atoms with Gasteiger partial charge in [0.15, 0.2) is 0 Å². The molecule has 0 bridgehead atoms. The van der Waals surface area contributed by atoms with Crippen molar-refractivity contribution in [2.24, 2.45) is 0 Å². The lowest BCUT2D eigenvalue weighted by molar-refractivity contribution is 0.0734. The molecule has 0 saturated heterocycles. The number of rotatable bonds is 5. The van der Waals surface area contributed by atoms with E-state index in [0.29, 0.717) is 29.0 Å². The molecule has 2 aromatic rings. The largest absolute Gasteiger partial charge is 0.467 e. The number of pyridine rings is 1. The standard InChI is InChI=1S/C14H12BrN3O2/c15-13-12(5-1-7-17-13)14(19)18(8-3-6-16)10-11-4-2-9-20-11/h1-2,4-5,7,9H,3,8,10H2. The molecule has 0 unspecified atom stereocenters. The molecule has 0 aliphatic carbocycles. The van der Waals surface area contributed by atoms with Crippen LogP contribution < -0.4 is 0 Å². The first-order valence-corrected chi connectivity index (χ1v) is 6.81. The maximum absolute atomic E-state index is 12.5. The van der Waals surface area contributed by atoms with Crippen molar-refractivity contribution in [3.63, 3.8) is 0 Å². The van der Waals surface area contributed by atoms with Crippen LogP contribution in [0.4, 0.5) is 0 Å². The highest BCUT2D eigenvalue weighted by Gasteiger charge is 2.19. The number of aromatic nitrogens is 1. The summed E-state index contributed by atoms with van der Waals surface area (Å²) in [5, 5.41) is 8.72. The number of carbonyl (C=O) groups is 1. The summed E-state index contributed by atoms with van der Waals surface area (Å²) in [4.78, 5) is 18.1. The Hall–Kier alpha value is -2.13. The minimum atomic E-state index is -0.184. The maximum atomic E-state index is 12.5. The van der Waals surface area contributed by atoms with Crippen molar-refractivity contribution in [1.82, 2.24) is 9.88 Å². The van der Waals surface area contributed by atoms with Gasteiger partial charge in [-0.15, -0.1) is 0 Å². The fourth-order valence-corrected chi connectivity index (χ4v) is 2.16. The van der Waals surface area contributed by atoms with E-state index in [1.54, 1.807) is 41.6 Å². The number of carbonyl (C=O) groups excluding carboxylic acids is 1. The summed E-state index contributed by atoms with van der Waals surface area (Å²) in [7, 11) is 0. The number of halogens is 1. The molecule has 2 rings (SSSR count). The molecular weight excluding hydrogens is 322 g/mol. The topological polar surface area (TPSA) is 70.1 Å². The molecule has 5 nitrogen and oxygen atoms in total. The Balaban J connectivity index is 2.20. The van der Waals surface area contributed by atoms with Crippen molar-refractivity contribution in [1.29, 1.82) is 5.26 Å². The zero-order chi connectivity index (χ0) is 14.4. The number of nitriles is 1. The van der Waals surface area contributed by atoms with Gasteiger partial charge in [0.25, 0.3) is 5.91 Å². The number of hydrogen-bond donors (Lipinski definition) is 0. The van der Waals surface area contributed by atoms with E-state index in [1.165, 1.54) is 0 Å². The zero-order valence-electron chi connectivity index (χ0n) is 10.6. The zero-order valence-corrected chi connectivity index (χ0v) is 12.2. The molecule has 6 heteroatoms. The van der Waals surface area contributed by atoms with E-state index < -0.39 is 0 Å². The minimum Gasteiger partial charge on any atom is -0.467 e. The first-order chi connectivity index (χ1) is 9.72. The van der Waals surface area contributed by atoms with E-state index in [0.717, 1.165) is 0 Å². The van der Waals surface area contributed by atoms with Gasteiger partial charge < -0.3 is 9.32 Å². The van der Waals surface area contributed by atoms with Gasteiger partial charge in [-0.2, -0.15) is 5.26 Å². The molecule has 0 fully saturated rings. The second kappa shape index (κ2) is 6.87. The van der Waals surface area contributed by atoms with Crippen LogP contribution in [0.5, 0.6) is 0 Å². The quantitative estimate of drug-likeness (QED) is 0.788. The number of amides is 1. The molecule has 102 valence electrons. The van der Waals surface area contributed by atoms with E-state index in [2.05, 4.69) is 20.9 Å². The van der Waals surface area contributed by atoms with Crippen LogP contribution in [0.25, 0.3) is 0 Å². The monoisotopic (exact) mass is 333 g/mol. The number of hydrogen-bond acceptors (Lipinski definition) is 4. The predicted molar refractivity (Wildman–Crippen MR) is 75.6 cm³/mol. The third kappa shape index (κ3) is 3.45. The fraction of sp³-hybridized carbons (Fsp3) is 0.214. The van der Waals surface area contributed by atoms with Crippen molar-refractivity contribution >= 4 is 21.8 Å². The van der Waals surface area contributed by atoms with Crippen molar-refractivity contribution in [2.45, 2.75) is 13.0 Å². The number of furan rings is 1. The maximum Gasteiger partial charge on any atom is 0.257 e. The van der Waals surface area contributed by atoms with Gasteiger partial charge in [0, 0.05) is 12.7 Å². The van der Waals surface area contributed by atoms with Crippen molar-refractivity contribution in [3.05, 3.63) is 52.7 Å². The molecule has 2 heterocycles. The van der Waals surface area contributed by atoms with Crippen LogP contribution in [0.15, 0.2) is 45.7 Å². The van der Waals surface area contributed by atoms with Crippen molar-refractivity contribution < 1.29 is 9.21 Å². The van der Waals surface area contributed by atoms with Gasteiger partial charge in [0.2, 0.25) is 0 Å². The lowest BCUT2D eigenvalue weighted by Crippen LogP contribution is -2.31. The smallest absolute Gasteiger partial charge is 0.257 e. The Kier molecular flexibility index (Phi) is 4.91. The molecule has 1 amide bonds. The molecule has 0 aromatic carbocycles. The Morgan fingerprint density at radius 3 is 2.95 bits per heavy atom. The number of nitrogens with zero attached hydrogens (tertiary/aromatic N) is 3. The molecular formula is C14H12BrN3O2. The van der Waals surface area contributed by atoms with Crippen molar-refractivity contribution in [3.8, 4) is 6.07 Å². The summed E-state index contributed by atoms with van der Waals surface area (Å²) >= 11 is 3.26. The Bertz CT molecular complexity index is 620. The average Bonchev–Trinajstić information content (AvgIpc) is 2.96. The summed E-state index contributed by atoms with van der Waals surface area (Å²) < 4.78 is 5.75. The minimum absolute atomic E-state index is 0.184. The third-order valence-corrected chi connectivity index (χ3v) is 3.33. The summed E-state index contributed by atoms with van der Waals surface area (Å²) in [5.41, 5.74) is 0.469. The first kappa shape index (κ1) is 14.3. The van der Waals surface area contributed by atoms with Gasteiger partial charge in [0.05, 0.1) is 30.9 Å². The van der Waals surface area contributed by atoms with Crippen LogP contribution in [0.2, 0.25) is 0 Å². The van der Waals surface area contributed by atoms with Crippen LogP contribution >= 0.6 is 15.9 Å². The lowest BCUT2D eigenvalue weighted by Gasteiger charge is -2.20. The van der Waals surface area contributed by atoms with Crippen molar-refractivity contribution in [2.75, 3.05) is 6.54 Å². The van der Waals surface area contributed by atoms with Crippen LogP contribution in [0.3, 0.4) is 0 Å². The average molecular weight is 334 g/mol. The molecule has 2 aromatic heterocycles. The molecule has 0 N–H and O–H groups in total. The predicted octanol–water partition coefficient (Wildman–Crippen LogP) is 2.99. The van der Waals surface area contributed by atoms with E-state index in [1.807, 2.05) is 6.07 Å². The Labute approximate surface area is 125 Å². The van der Waals surface area contributed by atoms with Crippen LogP contribution in [-0.2, 0) is 6.54 Å². The Morgan fingerprint density at radius 2 is 2.30 bits per heavy atom. The van der Waals surface area contributed by atoms with E-state index in [4.69, 9.17) is 9.68 Å². The summed E-state index contributed by atoms with van der Waals surface area (Å²) in [6, 6.07) is 9.01. The lowest BCUT2D eigenvalue weighted by atomic mass is 10.2. The van der Waals surface area contributed by atoms with Gasteiger partial charge in [0.1, 0.15) is 10.4 Å². The van der Waals surface area contributed by atoms with Gasteiger partial charge in [-0.1, -0.05) is 0 Å². The molecule has 0 aliphatic rings. The Morgan fingerprint density at radius 1 is 1.45 bits per heavy atom. The summed E-state index contributed by atoms with van der Waals surface area (Å²) in [6.45, 7) is 0.673. The SMILES string of the molecule is N#CCCN(Cc1ccco1)C(=O)c1cccnc1Br. The molecule has 20 heavy (non-hydrogen) atoms. The first-order valence-electron chi connectivity index (χ1n) is 6.01. The molecule has 0 radical (unpaired) electrons.